The summed E-state index contributed by atoms with van der Waals surface area (Å²) in [6, 6.07) is 65.2. The fourth-order valence-electron chi connectivity index (χ4n) is 6.59. The molecular formula is C48H36N2O2. The van der Waals surface area contributed by atoms with Gasteiger partial charge >= 0.3 is 5.97 Å². The number of nitrogens with zero attached hydrogens (tertiary/aromatic N) is 2. The first-order chi connectivity index (χ1) is 25.5. The Morgan fingerprint density at radius 1 is 0.423 bits per heavy atom. The van der Waals surface area contributed by atoms with Gasteiger partial charge in [-0.2, -0.15) is 0 Å². The summed E-state index contributed by atoms with van der Waals surface area (Å²) in [5, 5.41) is 4.73. The highest BCUT2D eigenvalue weighted by atomic mass is 16.5. The molecule has 0 saturated heterocycles. The average molecular weight is 673 g/mol. The minimum atomic E-state index is -0.450. The lowest BCUT2D eigenvalue weighted by Crippen LogP contribution is -2.11. The lowest BCUT2D eigenvalue weighted by atomic mass is 10.0. The average Bonchev–Trinajstić information content (AvgIpc) is 3.19. The van der Waals surface area contributed by atoms with Gasteiger partial charge in [0.05, 0.1) is 0 Å². The van der Waals surface area contributed by atoms with Crippen molar-refractivity contribution in [2.45, 2.75) is 6.92 Å². The molecule has 0 spiro atoms. The Hall–Kier alpha value is -6.91. The largest absolute Gasteiger partial charge is 0.423 e. The molecule has 0 amide bonds. The molecule has 52 heavy (non-hydrogen) atoms. The molecule has 0 bridgehead atoms. The van der Waals surface area contributed by atoms with Crippen LogP contribution in [0.5, 0.6) is 5.75 Å². The molecule has 0 aliphatic heterocycles. The second-order valence-corrected chi connectivity index (χ2v) is 12.8. The van der Waals surface area contributed by atoms with E-state index in [4.69, 9.17) is 4.74 Å². The Kier molecular flexibility index (Phi) is 8.78. The Balaban J connectivity index is 1.13. The summed E-state index contributed by atoms with van der Waals surface area (Å²) in [4.78, 5) is 16.8. The van der Waals surface area contributed by atoms with Crippen LogP contribution in [0.3, 0.4) is 0 Å². The first kappa shape index (κ1) is 32.3. The van der Waals surface area contributed by atoms with Gasteiger partial charge in [-0.3, -0.25) is 0 Å². The zero-order valence-electron chi connectivity index (χ0n) is 28.8. The Morgan fingerprint density at radius 2 is 0.827 bits per heavy atom. The normalized spacial score (nSPS) is 10.9. The van der Waals surface area contributed by atoms with Crippen molar-refractivity contribution in [3.63, 3.8) is 0 Å². The Morgan fingerprint density at radius 3 is 1.35 bits per heavy atom. The number of anilines is 6. The van der Waals surface area contributed by atoms with Crippen molar-refractivity contribution in [1.29, 1.82) is 0 Å². The number of rotatable bonds is 9. The number of ether oxygens (including phenoxy) is 1. The molecule has 0 aliphatic carbocycles. The minimum absolute atomic E-state index is 0.349. The van der Waals surface area contributed by atoms with Crippen molar-refractivity contribution < 1.29 is 9.53 Å². The highest BCUT2D eigenvalue weighted by molar-refractivity contribution is 5.92. The van der Waals surface area contributed by atoms with E-state index in [1.165, 1.54) is 16.2 Å². The van der Waals surface area contributed by atoms with Gasteiger partial charge < -0.3 is 14.5 Å². The summed E-state index contributed by atoms with van der Waals surface area (Å²) < 4.78 is 5.62. The minimum Gasteiger partial charge on any atom is -0.423 e. The fourth-order valence-corrected chi connectivity index (χ4v) is 6.59. The number of carbonyl (C=O) groups excluding carboxylic acids is 1. The third-order valence-electron chi connectivity index (χ3n) is 9.22. The van der Waals surface area contributed by atoms with E-state index in [0.717, 1.165) is 50.6 Å². The molecule has 250 valence electrons. The van der Waals surface area contributed by atoms with E-state index >= 15 is 0 Å². The van der Waals surface area contributed by atoms with E-state index in [0.29, 0.717) is 11.3 Å². The van der Waals surface area contributed by atoms with Crippen LogP contribution < -0.4 is 14.5 Å². The van der Waals surface area contributed by atoms with Gasteiger partial charge in [0.2, 0.25) is 0 Å². The summed E-state index contributed by atoms with van der Waals surface area (Å²) in [6.07, 6.45) is 0. The number of hydrogen-bond donors (Lipinski definition) is 0. The van der Waals surface area contributed by atoms with Crippen LogP contribution in [0.2, 0.25) is 0 Å². The third kappa shape index (κ3) is 6.66. The van der Waals surface area contributed by atoms with Gasteiger partial charge in [0.15, 0.2) is 0 Å². The molecule has 0 aromatic heterocycles. The van der Waals surface area contributed by atoms with Crippen LogP contribution in [0.4, 0.5) is 34.1 Å². The molecule has 0 atom stereocenters. The lowest BCUT2D eigenvalue weighted by molar-refractivity contribution is -0.130. The van der Waals surface area contributed by atoms with Gasteiger partial charge in [-0.15, -0.1) is 0 Å². The van der Waals surface area contributed by atoms with Gasteiger partial charge in [-0.1, -0.05) is 116 Å². The van der Waals surface area contributed by atoms with Gasteiger partial charge in [0.1, 0.15) is 5.75 Å². The first-order valence-electron chi connectivity index (χ1n) is 17.3. The van der Waals surface area contributed by atoms with E-state index in [2.05, 4.69) is 168 Å². The second kappa shape index (κ2) is 14.1. The van der Waals surface area contributed by atoms with Gasteiger partial charge in [-0.05, 0) is 112 Å². The standard InChI is InChI=1S/C48H36N2O2/c1-34(2)48(51)52-47-18-10-17-44(33-47)50(46-30-24-36-12-7-9-14-40(36)32-46)43-27-21-38(22-28-43)37-19-25-42(26-20-37)49(41-15-4-3-5-16-41)45-29-23-35-11-6-8-13-39(35)31-45/h3-33H,1H2,2H3. The van der Waals surface area contributed by atoms with Crippen LogP contribution in [0.25, 0.3) is 32.7 Å². The quantitative estimate of drug-likeness (QED) is 0.0868. The molecule has 0 aliphatic rings. The van der Waals surface area contributed by atoms with Crippen molar-refractivity contribution in [1.82, 2.24) is 0 Å². The zero-order valence-corrected chi connectivity index (χ0v) is 28.8. The number of benzene rings is 8. The predicted molar refractivity (Wildman–Crippen MR) is 217 cm³/mol. The van der Waals surface area contributed by atoms with Crippen LogP contribution in [0, 0.1) is 0 Å². The predicted octanol–water partition coefficient (Wildman–Crippen LogP) is 13.1. The number of carbonyl (C=O) groups is 1. The third-order valence-corrected chi connectivity index (χ3v) is 9.22. The molecule has 0 unspecified atom stereocenters. The maximum absolute atomic E-state index is 12.4. The summed E-state index contributed by atoms with van der Waals surface area (Å²) in [7, 11) is 0. The van der Waals surface area contributed by atoms with E-state index < -0.39 is 5.97 Å². The van der Waals surface area contributed by atoms with Crippen LogP contribution in [0.1, 0.15) is 6.92 Å². The lowest BCUT2D eigenvalue weighted by Gasteiger charge is -2.27. The molecule has 4 nitrogen and oxygen atoms in total. The van der Waals surface area contributed by atoms with Crippen LogP contribution in [-0.4, -0.2) is 5.97 Å². The summed E-state index contributed by atoms with van der Waals surface area (Å²) >= 11 is 0. The molecule has 0 saturated carbocycles. The van der Waals surface area contributed by atoms with Gasteiger partial charge in [0, 0.05) is 45.8 Å². The maximum atomic E-state index is 12.4. The van der Waals surface area contributed by atoms with E-state index in [9.17, 15) is 4.79 Å². The summed E-state index contributed by atoms with van der Waals surface area (Å²) in [5.74, 6) is 0.00941. The van der Waals surface area contributed by atoms with Crippen molar-refractivity contribution >= 4 is 61.6 Å². The Labute approximate surface area is 304 Å². The molecule has 8 rings (SSSR count). The second-order valence-electron chi connectivity index (χ2n) is 12.8. The van der Waals surface area contributed by atoms with Crippen molar-refractivity contribution in [3.8, 4) is 16.9 Å². The molecule has 8 aromatic carbocycles. The first-order valence-corrected chi connectivity index (χ1v) is 17.3. The molecule has 8 aromatic rings. The molecule has 0 fully saturated rings. The van der Waals surface area contributed by atoms with Crippen molar-refractivity contribution in [2.75, 3.05) is 9.80 Å². The van der Waals surface area contributed by atoms with Crippen molar-refractivity contribution in [2.24, 2.45) is 0 Å². The zero-order chi connectivity index (χ0) is 35.4. The molecular weight excluding hydrogens is 637 g/mol. The number of fused-ring (bicyclic) bond motifs is 2. The topological polar surface area (TPSA) is 32.8 Å². The van der Waals surface area contributed by atoms with Gasteiger partial charge in [-0.25, -0.2) is 4.79 Å². The molecule has 4 heteroatoms. The van der Waals surface area contributed by atoms with Crippen LogP contribution >= 0.6 is 0 Å². The summed E-state index contributed by atoms with van der Waals surface area (Å²) in [6.45, 7) is 5.38. The fraction of sp³-hybridized carbons (Fsp3) is 0.0208. The van der Waals surface area contributed by atoms with Crippen LogP contribution in [0.15, 0.2) is 200 Å². The maximum Gasteiger partial charge on any atom is 0.338 e. The molecule has 0 N–H and O–H groups in total. The van der Waals surface area contributed by atoms with E-state index in [1.807, 2.05) is 30.3 Å². The smallest absolute Gasteiger partial charge is 0.338 e. The monoisotopic (exact) mass is 672 g/mol. The SMILES string of the molecule is C=C(C)C(=O)Oc1cccc(N(c2ccc(-c3ccc(N(c4ccccc4)c4ccc5ccccc5c4)cc3)cc2)c2ccc3ccccc3c2)c1. The number of esters is 1. The number of para-hydroxylation sites is 1. The molecule has 0 radical (unpaired) electrons. The van der Waals surface area contributed by atoms with E-state index in [-0.39, 0.29) is 0 Å². The molecule has 0 heterocycles. The Bertz CT molecular complexity index is 2540. The summed E-state index contributed by atoms with van der Waals surface area (Å²) in [5.41, 5.74) is 8.70. The van der Waals surface area contributed by atoms with Gasteiger partial charge in [0.25, 0.3) is 0 Å². The van der Waals surface area contributed by atoms with Crippen molar-refractivity contribution in [3.05, 3.63) is 200 Å². The highest BCUT2D eigenvalue weighted by Gasteiger charge is 2.17. The van der Waals surface area contributed by atoms with E-state index in [1.54, 1.807) is 13.0 Å². The number of hydrogen-bond acceptors (Lipinski definition) is 4. The highest BCUT2D eigenvalue weighted by Crippen LogP contribution is 2.40. The van der Waals surface area contributed by atoms with Crippen LogP contribution in [-0.2, 0) is 4.79 Å².